The molecule has 2 aromatic rings. The van der Waals surface area contributed by atoms with Crippen molar-refractivity contribution in [1.29, 1.82) is 0 Å². The number of fused-ring (bicyclic) bond motifs is 1. The van der Waals surface area contributed by atoms with E-state index in [2.05, 4.69) is 59.5 Å². The average molecular weight is 283 g/mol. The largest absolute Gasteiger partial charge is 0.313 e. The normalized spacial score (nSPS) is 19.2. The number of aryl methyl sites for hydroxylation is 2. The molecule has 0 saturated carbocycles. The third-order valence-corrected chi connectivity index (χ3v) is 4.63. The Balaban J connectivity index is 1.77. The summed E-state index contributed by atoms with van der Waals surface area (Å²) in [5.74, 6) is 0.657. The number of nitrogens with one attached hydrogen (secondary N) is 1. The second-order valence-corrected chi connectivity index (χ2v) is 6.07. The zero-order chi connectivity index (χ0) is 14.7. The molecule has 3 rings (SSSR count). The molecule has 0 amide bonds. The molecule has 0 saturated heterocycles. The summed E-state index contributed by atoms with van der Waals surface area (Å²) in [4.78, 5) is 0. The summed E-state index contributed by atoms with van der Waals surface area (Å²) in [6, 6.07) is 9.29. The summed E-state index contributed by atoms with van der Waals surface area (Å²) < 4.78 is 2.07. The number of benzene rings is 1. The number of hydrogen-bond donors (Lipinski definition) is 1. The van der Waals surface area contributed by atoms with Crippen molar-refractivity contribution < 1.29 is 0 Å². The highest BCUT2D eigenvalue weighted by molar-refractivity contribution is 5.30. The van der Waals surface area contributed by atoms with E-state index in [0.717, 1.165) is 13.0 Å². The van der Waals surface area contributed by atoms with Crippen LogP contribution in [0.3, 0.4) is 0 Å². The van der Waals surface area contributed by atoms with Crippen molar-refractivity contribution in [3.05, 3.63) is 53.3 Å². The van der Waals surface area contributed by atoms with Crippen LogP contribution in [0.4, 0.5) is 0 Å². The minimum absolute atomic E-state index is 0.406. The molecule has 3 heteroatoms. The molecule has 1 aromatic carbocycles. The molecule has 0 bridgehead atoms. The molecule has 0 radical (unpaired) electrons. The summed E-state index contributed by atoms with van der Waals surface area (Å²) in [7, 11) is 2.07. The first kappa shape index (κ1) is 14.3. The van der Waals surface area contributed by atoms with Crippen molar-refractivity contribution in [3.63, 3.8) is 0 Å². The smallest absolute Gasteiger partial charge is 0.0537 e. The molecular formula is C18H25N3. The Labute approximate surface area is 127 Å². The molecule has 1 aromatic heterocycles. The van der Waals surface area contributed by atoms with Gasteiger partial charge < -0.3 is 5.32 Å². The van der Waals surface area contributed by atoms with Gasteiger partial charge in [-0.3, -0.25) is 4.68 Å². The SMILES string of the molecule is CCCn1cc(C(NC)C2CCc3ccccc3C2)cn1. The molecular weight excluding hydrogens is 258 g/mol. The van der Waals surface area contributed by atoms with E-state index in [0.29, 0.717) is 12.0 Å². The summed E-state index contributed by atoms with van der Waals surface area (Å²) in [5.41, 5.74) is 4.38. The second kappa shape index (κ2) is 6.44. The maximum atomic E-state index is 4.49. The number of hydrogen-bond acceptors (Lipinski definition) is 2. The fourth-order valence-electron chi connectivity index (χ4n) is 3.58. The van der Waals surface area contributed by atoms with Crippen LogP contribution in [0, 0.1) is 5.92 Å². The van der Waals surface area contributed by atoms with E-state index in [4.69, 9.17) is 0 Å². The van der Waals surface area contributed by atoms with Crippen LogP contribution in [0.2, 0.25) is 0 Å². The lowest BCUT2D eigenvalue weighted by Crippen LogP contribution is -2.29. The van der Waals surface area contributed by atoms with Gasteiger partial charge in [-0.1, -0.05) is 31.2 Å². The average Bonchev–Trinajstić information content (AvgIpc) is 2.97. The van der Waals surface area contributed by atoms with Gasteiger partial charge in [-0.05, 0) is 49.8 Å². The van der Waals surface area contributed by atoms with E-state index in [9.17, 15) is 0 Å². The fraction of sp³-hybridized carbons (Fsp3) is 0.500. The van der Waals surface area contributed by atoms with Gasteiger partial charge in [-0.15, -0.1) is 0 Å². The van der Waals surface area contributed by atoms with Crippen molar-refractivity contribution in [2.45, 2.75) is 45.2 Å². The molecule has 1 aliphatic carbocycles. The van der Waals surface area contributed by atoms with Crippen molar-refractivity contribution in [2.24, 2.45) is 5.92 Å². The maximum absolute atomic E-state index is 4.49. The first-order valence-corrected chi connectivity index (χ1v) is 8.08. The molecule has 1 N–H and O–H groups in total. The van der Waals surface area contributed by atoms with Gasteiger partial charge in [0.2, 0.25) is 0 Å². The van der Waals surface area contributed by atoms with Gasteiger partial charge in [-0.25, -0.2) is 0 Å². The zero-order valence-corrected chi connectivity index (χ0v) is 13.0. The number of nitrogens with zero attached hydrogens (tertiary/aromatic N) is 2. The van der Waals surface area contributed by atoms with Gasteiger partial charge in [0.1, 0.15) is 0 Å². The van der Waals surface area contributed by atoms with E-state index >= 15 is 0 Å². The maximum Gasteiger partial charge on any atom is 0.0537 e. The molecule has 2 unspecified atom stereocenters. The summed E-state index contributed by atoms with van der Waals surface area (Å²) in [6.07, 6.45) is 8.99. The minimum atomic E-state index is 0.406. The molecule has 21 heavy (non-hydrogen) atoms. The van der Waals surface area contributed by atoms with Crippen LogP contribution in [0.5, 0.6) is 0 Å². The molecule has 0 spiro atoms. The lowest BCUT2D eigenvalue weighted by Gasteiger charge is -2.31. The second-order valence-electron chi connectivity index (χ2n) is 6.07. The zero-order valence-electron chi connectivity index (χ0n) is 13.0. The number of rotatable bonds is 5. The molecule has 0 aliphatic heterocycles. The fourth-order valence-corrected chi connectivity index (χ4v) is 3.58. The Morgan fingerprint density at radius 3 is 2.90 bits per heavy atom. The topological polar surface area (TPSA) is 29.9 Å². The van der Waals surface area contributed by atoms with Gasteiger partial charge in [0, 0.05) is 24.3 Å². The van der Waals surface area contributed by atoms with E-state index in [1.165, 1.54) is 36.0 Å². The highest BCUT2D eigenvalue weighted by Crippen LogP contribution is 2.33. The van der Waals surface area contributed by atoms with E-state index in [1.807, 2.05) is 6.20 Å². The molecule has 3 nitrogen and oxygen atoms in total. The molecule has 1 aliphatic rings. The van der Waals surface area contributed by atoms with Gasteiger partial charge in [0.15, 0.2) is 0 Å². The van der Waals surface area contributed by atoms with Crippen molar-refractivity contribution in [1.82, 2.24) is 15.1 Å². The summed E-state index contributed by atoms with van der Waals surface area (Å²) >= 11 is 0. The monoisotopic (exact) mass is 283 g/mol. The van der Waals surface area contributed by atoms with Crippen LogP contribution in [-0.4, -0.2) is 16.8 Å². The van der Waals surface area contributed by atoms with Crippen molar-refractivity contribution in [2.75, 3.05) is 7.05 Å². The molecule has 0 fully saturated rings. The van der Waals surface area contributed by atoms with E-state index in [1.54, 1.807) is 0 Å². The van der Waals surface area contributed by atoms with Crippen LogP contribution in [0.15, 0.2) is 36.7 Å². The number of aromatic nitrogens is 2. The van der Waals surface area contributed by atoms with Gasteiger partial charge in [0.05, 0.1) is 6.20 Å². The van der Waals surface area contributed by atoms with Crippen LogP contribution < -0.4 is 5.32 Å². The van der Waals surface area contributed by atoms with Gasteiger partial charge in [0.25, 0.3) is 0 Å². The lowest BCUT2D eigenvalue weighted by atomic mass is 9.78. The third kappa shape index (κ3) is 3.03. The third-order valence-electron chi connectivity index (χ3n) is 4.63. The van der Waals surface area contributed by atoms with Gasteiger partial charge >= 0.3 is 0 Å². The summed E-state index contributed by atoms with van der Waals surface area (Å²) in [5, 5.41) is 8.01. The predicted octanol–water partition coefficient (Wildman–Crippen LogP) is 3.36. The highest BCUT2D eigenvalue weighted by Gasteiger charge is 2.27. The summed E-state index contributed by atoms with van der Waals surface area (Å²) in [6.45, 7) is 3.19. The van der Waals surface area contributed by atoms with Crippen LogP contribution in [0.25, 0.3) is 0 Å². The van der Waals surface area contributed by atoms with Crippen LogP contribution in [0.1, 0.15) is 42.5 Å². The molecule has 112 valence electrons. The van der Waals surface area contributed by atoms with Crippen LogP contribution in [-0.2, 0) is 19.4 Å². The van der Waals surface area contributed by atoms with E-state index < -0.39 is 0 Å². The predicted molar refractivity (Wildman–Crippen MR) is 86.3 cm³/mol. The quantitative estimate of drug-likeness (QED) is 0.912. The Morgan fingerprint density at radius 1 is 1.33 bits per heavy atom. The first-order valence-electron chi connectivity index (χ1n) is 8.08. The first-order chi connectivity index (χ1) is 10.3. The Bertz CT molecular complexity index is 588. The standard InChI is InChI=1S/C18H25N3/c1-3-10-21-13-17(12-20-21)18(19-2)16-9-8-14-6-4-5-7-15(14)11-16/h4-7,12-13,16,18-19H,3,8-11H2,1-2H3. The van der Waals surface area contributed by atoms with Gasteiger partial charge in [-0.2, -0.15) is 5.10 Å². The Morgan fingerprint density at radius 2 is 2.14 bits per heavy atom. The Kier molecular flexibility index (Phi) is 4.39. The van der Waals surface area contributed by atoms with Crippen LogP contribution >= 0.6 is 0 Å². The highest BCUT2D eigenvalue weighted by atomic mass is 15.3. The van der Waals surface area contributed by atoms with E-state index in [-0.39, 0.29) is 0 Å². The molecule has 2 atom stereocenters. The Hall–Kier alpha value is -1.61. The minimum Gasteiger partial charge on any atom is -0.313 e. The lowest BCUT2D eigenvalue weighted by molar-refractivity contribution is 0.342. The van der Waals surface area contributed by atoms with Crippen molar-refractivity contribution in [3.8, 4) is 0 Å². The molecule has 1 heterocycles. The van der Waals surface area contributed by atoms with Crippen molar-refractivity contribution >= 4 is 0 Å².